The maximum absolute atomic E-state index is 12.2. The molecule has 0 aliphatic heterocycles. The Morgan fingerprint density at radius 2 is 1.82 bits per heavy atom. The molecule has 0 spiro atoms. The van der Waals surface area contributed by atoms with Gasteiger partial charge in [-0.3, -0.25) is 4.79 Å². The van der Waals surface area contributed by atoms with Crippen molar-refractivity contribution < 1.29 is 14.3 Å². The van der Waals surface area contributed by atoms with Gasteiger partial charge < -0.3 is 4.74 Å². The van der Waals surface area contributed by atoms with Crippen molar-refractivity contribution in [1.29, 1.82) is 0 Å². The molecule has 17 heavy (non-hydrogen) atoms. The van der Waals surface area contributed by atoms with Crippen molar-refractivity contribution in [2.75, 3.05) is 6.61 Å². The minimum atomic E-state index is -0.444. The number of hydrogen-bond donors (Lipinski definition) is 0. The minimum Gasteiger partial charge on any atom is -0.463 e. The number of esters is 1. The highest BCUT2D eigenvalue weighted by molar-refractivity contribution is 5.99. The van der Waals surface area contributed by atoms with Gasteiger partial charge in [0.25, 0.3) is 0 Å². The van der Waals surface area contributed by atoms with Crippen LogP contribution in [-0.2, 0) is 14.3 Å². The van der Waals surface area contributed by atoms with E-state index in [4.69, 9.17) is 4.74 Å². The van der Waals surface area contributed by atoms with Crippen molar-refractivity contribution in [1.82, 2.24) is 0 Å². The highest BCUT2D eigenvalue weighted by atomic mass is 16.5. The van der Waals surface area contributed by atoms with Crippen LogP contribution in [0.4, 0.5) is 0 Å². The molecule has 0 radical (unpaired) electrons. The topological polar surface area (TPSA) is 43.4 Å². The molecule has 3 nitrogen and oxygen atoms in total. The Balaban J connectivity index is 2.74. The van der Waals surface area contributed by atoms with E-state index in [9.17, 15) is 9.59 Å². The zero-order chi connectivity index (χ0) is 13.1. The molecule has 1 saturated carbocycles. The molecule has 96 valence electrons. The van der Waals surface area contributed by atoms with Gasteiger partial charge in [-0.2, -0.15) is 0 Å². The summed E-state index contributed by atoms with van der Waals surface area (Å²) in [7, 11) is 0. The Kier molecular flexibility index (Phi) is 4.12. The molecule has 0 N–H and O–H groups in total. The Hall–Kier alpha value is -1.12. The van der Waals surface area contributed by atoms with Crippen LogP contribution in [0.2, 0.25) is 0 Å². The molecule has 1 aliphatic carbocycles. The predicted octanol–water partition coefficient (Wildman–Crippen LogP) is 2.89. The van der Waals surface area contributed by atoms with Crippen molar-refractivity contribution in [2.45, 2.75) is 47.0 Å². The smallest absolute Gasteiger partial charge is 0.330 e. The lowest BCUT2D eigenvalue weighted by atomic mass is 9.67. The maximum Gasteiger partial charge on any atom is 0.330 e. The van der Waals surface area contributed by atoms with Crippen molar-refractivity contribution >= 4 is 11.8 Å². The molecular weight excluding hydrogens is 216 g/mol. The van der Waals surface area contributed by atoms with E-state index in [1.54, 1.807) is 6.92 Å². The second kappa shape index (κ2) is 5.03. The van der Waals surface area contributed by atoms with Crippen LogP contribution >= 0.6 is 0 Å². The molecule has 0 aromatic carbocycles. The summed E-state index contributed by atoms with van der Waals surface area (Å²) in [5, 5.41) is 0. The van der Waals surface area contributed by atoms with Crippen LogP contribution in [-0.4, -0.2) is 18.4 Å². The third-order valence-corrected chi connectivity index (χ3v) is 4.17. The van der Waals surface area contributed by atoms with Crippen LogP contribution in [0.5, 0.6) is 0 Å². The molecule has 0 aromatic heterocycles. The van der Waals surface area contributed by atoms with E-state index in [1.165, 1.54) is 12.2 Å². The van der Waals surface area contributed by atoms with E-state index < -0.39 is 5.97 Å². The first-order valence-corrected chi connectivity index (χ1v) is 6.23. The number of allylic oxidation sites excluding steroid dienone is 1. The summed E-state index contributed by atoms with van der Waals surface area (Å²) in [6.45, 7) is 8.32. The van der Waals surface area contributed by atoms with Crippen LogP contribution in [0, 0.1) is 10.8 Å². The summed E-state index contributed by atoms with van der Waals surface area (Å²) >= 11 is 0. The third kappa shape index (κ3) is 2.76. The maximum atomic E-state index is 12.2. The lowest BCUT2D eigenvalue weighted by Crippen LogP contribution is -2.36. The first-order valence-electron chi connectivity index (χ1n) is 6.23. The fourth-order valence-electron chi connectivity index (χ4n) is 2.47. The van der Waals surface area contributed by atoms with Gasteiger partial charge in [0.05, 0.1) is 6.61 Å². The summed E-state index contributed by atoms with van der Waals surface area (Å²) in [5.74, 6) is -0.409. The number of ketones is 1. The molecule has 1 fully saturated rings. The number of rotatable bonds is 4. The minimum absolute atomic E-state index is 0.00306. The number of carbonyl (C=O) groups excluding carboxylic acids is 2. The zero-order valence-electron chi connectivity index (χ0n) is 11.2. The summed E-state index contributed by atoms with van der Waals surface area (Å²) < 4.78 is 4.76. The van der Waals surface area contributed by atoms with Crippen molar-refractivity contribution in [3.05, 3.63) is 12.2 Å². The SMILES string of the molecule is CCOC(=O)/C=C/C(=O)[C@]1(C)CCCC1(C)C. The van der Waals surface area contributed by atoms with E-state index >= 15 is 0 Å². The summed E-state index contributed by atoms with van der Waals surface area (Å²) in [5.41, 5.74) is -0.348. The van der Waals surface area contributed by atoms with Crippen LogP contribution in [0.15, 0.2) is 12.2 Å². The van der Waals surface area contributed by atoms with Gasteiger partial charge in [-0.25, -0.2) is 4.79 Å². The first-order chi connectivity index (χ1) is 7.83. The highest BCUT2D eigenvalue weighted by Crippen LogP contribution is 2.52. The highest BCUT2D eigenvalue weighted by Gasteiger charge is 2.49. The Labute approximate surface area is 103 Å². The molecule has 0 aromatic rings. The lowest BCUT2D eigenvalue weighted by Gasteiger charge is -2.36. The number of hydrogen-bond acceptors (Lipinski definition) is 3. The molecule has 1 aliphatic rings. The van der Waals surface area contributed by atoms with Crippen LogP contribution in [0.3, 0.4) is 0 Å². The molecular formula is C14H22O3. The second-order valence-electron chi connectivity index (χ2n) is 5.52. The summed E-state index contributed by atoms with van der Waals surface area (Å²) in [4.78, 5) is 23.4. The molecule has 0 unspecified atom stereocenters. The van der Waals surface area contributed by atoms with Gasteiger partial charge in [0, 0.05) is 11.5 Å². The second-order valence-corrected chi connectivity index (χ2v) is 5.52. The van der Waals surface area contributed by atoms with Gasteiger partial charge in [0.2, 0.25) is 0 Å². The molecule has 0 heterocycles. The van der Waals surface area contributed by atoms with Gasteiger partial charge >= 0.3 is 5.97 Å². The molecule has 0 amide bonds. The van der Waals surface area contributed by atoms with E-state index in [1.807, 2.05) is 6.92 Å². The largest absolute Gasteiger partial charge is 0.463 e. The quantitative estimate of drug-likeness (QED) is 0.558. The summed E-state index contributed by atoms with van der Waals surface area (Å²) in [6.07, 6.45) is 5.65. The van der Waals surface area contributed by atoms with Gasteiger partial charge in [-0.15, -0.1) is 0 Å². The average Bonchev–Trinajstić information content (AvgIpc) is 2.51. The average molecular weight is 238 g/mol. The van der Waals surface area contributed by atoms with Crippen molar-refractivity contribution in [2.24, 2.45) is 10.8 Å². The molecule has 0 saturated heterocycles. The van der Waals surface area contributed by atoms with E-state index in [2.05, 4.69) is 13.8 Å². The molecule has 1 rings (SSSR count). The predicted molar refractivity (Wildman–Crippen MR) is 66.5 cm³/mol. The molecule has 1 atom stereocenters. The fraction of sp³-hybridized carbons (Fsp3) is 0.714. The van der Waals surface area contributed by atoms with Gasteiger partial charge in [-0.05, 0) is 31.3 Å². The van der Waals surface area contributed by atoms with E-state index in [0.29, 0.717) is 6.61 Å². The monoisotopic (exact) mass is 238 g/mol. The van der Waals surface area contributed by atoms with Crippen LogP contribution < -0.4 is 0 Å². The Morgan fingerprint density at radius 3 is 2.29 bits per heavy atom. The van der Waals surface area contributed by atoms with Crippen molar-refractivity contribution in [3.63, 3.8) is 0 Å². The van der Waals surface area contributed by atoms with E-state index in [-0.39, 0.29) is 16.6 Å². The molecule has 3 heteroatoms. The molecule has 0 bridgehead atoms. The van der Waals surface area contributed by atoms with Crippen LogP contribution in [0.25, 0.3) is 0 Å². The first kappa shape index (κ1) is 13.9. The van der Waals surface area contributed by atoms with Crippen molar-refractivity contribution in [3.8, 4) is 0 Å². The summed E-state index contributed by atoms with van der Waals surface area (Å²) in [6, 6.07) is 0. The van der Waals surface area contributed by atoms with Gasteiger partial charge in [-0.1, -0.05) is 27.2 Å². The van der Waals surface area contributed by atoms with Gasteiger partial charge in [0.1, 0.15) is 0 Å². The normalized spacial score (nSPS) is 27.3. The van der Waals surface area contributed by atoms with E-state index in [0.717, 1.165) is 19.3 Å². The van der Waals surface area contributed by atoms with Gasteiger partial charge in [0.15, 0.2) is 5.78 Å². The number of ether oxygens (including phenoxy) is 1. The standard InChI is InChI=1S/C14H22O3/c1-5-17-12(16)8-7-11(15)14(4)10-6-9-13(14,2)3/h7-8H,5-6,9-10H2,1-4H3/b8-7+/t14-/m0/s1. The van der Waals surface area contributed by atoms with Crippen LogP contribution in [0.1, 0.15) is 47.0 Å². The fourth-order valence-corrected chi connectivity index (χ4v) is 2.47. The zero-order valence-corrected chi connectivity index (χ0v) is 11.2. The number of carbonyl (C=O) groups is 2. The Morgan fingerprint density at radius 1 is 1.18 bits per heavy atom. The third-order valence-electron chi connectivity index (χ3n) is 4.17. The Bertz CT molecular complexity index is 341. The lowest BCUT2D eigenvalue weighted by molar-refractivity contribution is -0.137.